The molecule has 50 heavy (non-hydrogen) atoms. The van der Waals surface area contributed by atoms with Crippen LogP contribution in [0.2, 0.25) is 0 Å². The first kappa shape index (κ1) is 28.4. The monoisotopic (exact) mass is 636 g/mol. The maximum atomic E-state index is 2.38. The fourth-order valence-corrected chi connectivity index (χ4v) is 7.80. The minimum atomic E-state index is 1.11. The third-order valence-corrected chi connectivity index (χ3v) is 10.1. The van der Waals surface area contributed by atoms with Crippen LogP contribution >= 0.6 is 0 Å². The standard InChI is InChI=1S/C48H32N2/c1-3-12-38(13-4-1)49(41-28-30-45-44-17-9-10-18-46(44)50(47(45)32-41)39-14-5-2-6-15-39)40-26-23-33(24-27-40)36-25-29-43-37(31-36)22-21-35-20-19-34-11-7-8-16-42(34)48(35)43/h1-32H. The first-order valence-electron chi connectivity index (χ1n) is 17.2. The van der Waals surface area contributed by atoms with Crippen molar-refractivity contribution in [2.75, 3.05) is 4.90 Å². The molecule has 0 atom stereocenters. The highest BCUT2D eigenvalue weighted by Gasteiger charge is 2.17. The molecule has 2 heteroatoms. The van der Waals surface area contributed by atoms with Crippen LogP contribution in [0.5, 0.6) is 0 Å². The van der Waals surface area contributed by atoms with Crippen molar-refractivity contribution in [1.82, 2.24) is 4.57 Å². The van der Waals surface area contributed by atoms with Gasteiger partial charge in [0.15, 0.2) is 0 Å². The van der Waals surface area contributed by atoms with Gasteiger partial charge in [-0.1, -0.05) is 133 Å². The van der Waals surface area contributed by atoms with E-state index in [0.29, 0.717) is 0 Å². The van der Waals surface area contributed by atoms with Gasteiger partial charge in [-0.25, -0.2) is 0 Å². The third-order valence-electron chi connectivity index (χ3n) is 10.1. The molecule has 0 saturated carbocycles. The van der Waals surface area contributed by atoms with Crippen molar-refractivity contribution in [2.24, 2.45) is 0 Å². The van der Waals surface area contributed by atoms with Gasteiger partial charge < -0.3 is 9.47 Å². The topological polar surface area (TPSA) is 8.17 Å². The van der Waals surface area contributed by atoms with Gasteiger partial charge in [-0.3, -0.25) is 0 Å². The molecule has 9 aromatic carbocycles. The number of fused-ring (bicyclic) bond motifs is 8. The number of benzene rings is 9. The molecule has 0 aliphatic heterocycles. The minimum absolute atomic E-state index is 1.11. The first-order chi connectivity index (χ1) is 24.8. The minimum Gasteiger partial charge on any atom is -0.310 e. The van der Waals surface area contributed by atoms with Gasteiger partial charge in [-0.15, -0.1) is 0 Å². The molecular formula is C48H32N2. The molecule has 1 heterocycles. The molecular weight excluding hydrogens is 605 g/mol. The predicted octanol–water partition coefficient (Wildman–Crippen LogP) is 13.4. The number of hydrogen-bond donors (Lipinski definition) is 0. The van der Waals surface area contributed by atoms with Crippen molar-refractivity contribution in [1.29, 1.82) is 0 Å². The van der Waals surface area contributed by atoms with Crippen LogP contribution in [0.15, 0.2) is 194 Å². The summed E-state index contributed by atoms with van der Waals surface area (Å²) in [5.41, 5.74) is 9.29. The van der Waals surface area contributed by atoms with Gasteiger partial charge in [0, 0.05) is 33.5 Å². The Morgan fingerprint density at radius 1 is 0.320 bits per heavy atom. The van der Waals surface area contributed by atoms with E-state index in [1.165, 1.54) is 65.3 Å². The van der Waals surface area contributed by atoms with Crippen LogP contribution in [0, 0.1) is 0 Å². The number of hydrogen-bond acceptors (Lipinski definition) is 1. The van der Waals surface area contributed by atoms with Gasteiger partial charge in [-0.2, -0.15) is 0 Å². The summed E-state index contributed by atoms with van der Waals surface area (Å²) in [6.45, 7) is 0. The molecule has 1 aromatic heterocycles. The number of anilines is 3. The summed E-state index contributed by atoms with van der Waals surface area (Å²) >= 11 is 0. The first-order valence-corrected chi connectivity index (χ1v) is 17.2. The highest BCUT2D eigenvalue weighted by atomic mass is 15.1. The van der Waals surface area contributed by atoms with E-state index in [9.17, 15) is 0 Å². The van der Waals surface area contributed by atoms with Gasteiger partial charge in [0.05, 0.1) is 11.0 Å². The largest absolute Gasteiger partial charge is 0.310 e. The molecule has 2 nitrogen and oxygen atoms in total. The van der Waals surface area contributed by atoms with Crippen LogP contribution in [-0.4, -0.2) is 4.57 Å². The number of para-hydroxylation sites is 3. The van der Waals surface area contributed by atoms with Crippen molar-refractivity contribution in [2.45, 2.75) is 0 Å². The summed E-state index contributed by atoms with van der Waals surface area (Å²) < 4.78 is 2.38. The Morgan fingerprint density at radius 2 is 0.880 bits per heavy atom. The molecule has 0 amide bonds. The molecule has 10 aromatic rings. The Kier molecular flexibility index (Phi) is 6.53. The SMILES string of the molecule is c1ccc(N(c2ccc(-c3ccc4c(ccc5ccc6ccccc6c54)c3)cc2)c2ccc3c4ccccc4n(-c4ccccc4)c3c2)cc1. The smallest absolute Gasteiger partial charge is 0.0561 e. The number of nitrogens with zero attached hydrogens (tertiary/aromatic N) is 2. The molecule has 0 saturated heterocycles. The van der Waals surface area contributed by atoms with Crippen molar-refractivity contribution in [3.05, 3.63) is 194 Å². The summed E-state index contributed by atoms with van der Waals surface area (Å²) in [5.74, 6) is 0. The van der Waals surface area contributed by atoms with Crippen LogP contribution in [0.4, 0.5) is 17.1 Å². The Balaban J connectivity index is 1.09. The van der Waals surface area contributed by atoms with E-state index in [1.807, 2.05) is 0 Å². The average Bonchev–Trinajstić information content (AvgIpc) is 3.52. The Morgan fingerprint density at radius 3 is 1.70 bits per heavy atom. The Labute approximate surface area is 290 Å². The fourth-order valence-electron chi connectivity index (χ4n) is 7.80. The number of rotatable bonds is 5. The number of aromatic nitrogens is 1. The lowest BCUT2D eigenvalue weighted by Crippen LogP contribution is -2.10. The molecule has 0 bridgehead atoms. The van der Waals surface area contributed by atoms with E-state index in [4.69, 9.17) is 0 Å². The van der Waals surface area contributed by atoms with Gasteiger partial charge in [0.25, 0.3) is 0 Å². The lowest BCUT2D eigenvalue weighted by atomic mass is 9.94. The van der Waals surface area contributed by atoms with Crippen molar-refractivity contribution in [3.8, 4) is 16.8 Å². The van der Waals surface area contributed by atoms with Crippen molar-refractivity contribution < 1.29 is 0 Å². The van der Waals surface area contributed by atoms with Gasteiger partial charge in [0.2, 0.25) is 0 Å². The summed E-state index contributed by atoms with van der Waals surface area (Å²) in [6.07, 6.45) is 0. The second-order valence-electron chi connectivity index (χ2n) is 13.0. The van der Waals surface area contributed by atoms with Crippen LogP contribution in [-0.2, 0) is 0 Å². The lowest BCUT2D eigenvalue weighted by Gasteiger charge is -2.26. The zero-order chi connectivity index (χ0) is 33.0. The zero-order valence-corrected chi connectivity index (χ0v) is 27.4. The van der Waals surface area contributed by atoms with E-state index in [0.717, 1.165) is 22.7 Å². The molecule has 10 rings (SSSR count). The molecule has 0 unspecified atom stereocenters. The lowest BCUT2D eigenvalue weighted by molar-refractivity contribution is 1.18. The quantitative estimate of drug-likeness (QED) is 0.171. The summed E-state index contributed by atoms with van der Waals surface area (Å²) in [6, 6.07) is 70.4. The van der Waals surface area contributed by atoms with Gasteiger partial charge >= 0.3 is 0 Å². The van der Waals surface area contributed by atoms with E-state index < -0.39 is 0 Å². The molecule has 0 N–H and O–H groups in total. The van der Waals surface area contributed by atoms with E-state index in [2.05, 4.69) is 204 Å². The van der Waals surface area contributed by atoms with E-state index >= 15 is 0 Å². The fraction of sp³-hybridized carbons (Fsp3) is 0. The van der Waals surface area contributed by atoms with E-state index in [-0.39, 0.29) is 0 Å². The van der Waals surface area contributed by atoms with Crippen molar-refractivity contribution >= 4 is 71.2 Å². The molecule has 0 radical (unpaired) electrons. The normalized spacial score (nSPS) is 11.6. The molecule has 0 fully saturated rings. The molecule has 234 valence electrons. The second-order valence-corrected chi connectivity index (χ2v) is 13.0. The van der Waals surface area contributed by atoms with Crippen LogP contribution < -0.4 is 4.90 Å². The van der Waals surface area contributed by atoms with Crippen LogP contribution in [0.3, 0.4) is 0 Å². The highest BCUT2D eigenvalue weighted by molar-refractivity contribution is 6.20. The average molecular weight is 637 g/mol. The third kappa shape index (κ3) is 4.57. The maximum absolute atomic E-state index is 2.38. The summed E-state index contributed by atoms with van der Waals surface area (Å²) in [5, 5.41) is 10.2. The predicted molar refractivity (Wildman–Crippen MR) is 213 cm³/mol. The molecule has 0 aliphatic rings. The summed E-state index contributed by atoms with van der Waals surface area (Å²) in [7, 11) is 0. The molecule has 0 aliphatic carbocycles. The van der Waals surface area contributed by atoms with Gasteiger partial charge in [0.1, 0.15) is 0 Å². The molecule has 0 spiro atoms. The highest BCUT2D eigenvalue weighted by Crippen LogP contribution is 2.40. The second kappa shape index (κ2) is 11.5. The Bertz CT molecular complexity index is 2850. The van der Waals surface area contributed by atoms with E-state index in [1.54, 1.807) is 0 Å². The zero-order valence-electron chi connectivity index (χ0n) is 27.4. The summed E-state index contributed by atoms with van der Waals surface area (Å²) in [4.78, 5) is 2.36. The van der Waals surface area contributed by atoms with Gasteiger partial charge in [-0.05, 0) is 104 Å². The van der Waals surface area contributed by atoms with Crippen LogP contribution in [0.1, 0.15) is 0 Å². The van der Waals surface area contributed by atoms with Crippen LogP contribution in [0.25, 0.3) is 70.9 Å². The van der Waals surface area contributed by atoms with Crippen molar-refractivity contribution in [3.63, 3.8) is 0 Å². The Hall–Kier alpha value is -6.64. The maximum Gasteiger partial charge on any atom is 0.0561 e.